The molecule has 0 aromatic rings. The highest BCUT2D eigenvalue weighted by Crippen LogP contribution is 2.16. The average molecular weight is 409 g/mol. The van der Waals surface area contributed by atoms with Gasteiger partial charge in [-0.1, -0.05) is 12.8 Å². The molecule has 8 heteroatoms. The second-order valence-electron chi connectivity index (χ2n) is 8.69. The van der Waals surface area contributed by atoms with Crippen LogP contribution in [0, 0.1) is 5.41 Å². The van der Waals surface area contributed by atoms with Crippen LogP contribution >= 0.6 is 0 Å². The van der Waals surface area contributed by atoms with E-state index in [1.54, 1.807) is 7.05 Å². The maximum atomic E-state index is 12.6. The van der Waals surface area contributed by atoms with Crippen LogP contribution in [0.4, 0.5) is 0 Å². The summed E-state index contributed by atoms with van der Waals surface area (Å²) in [6.45, 7) is 12.8. The lowest BCUT2D eigenvalue weighted by Crippen LogP contribution is -2.54. The van der Waals surface area contributed by atoms with Crippen LogP contribution in [-0.2, 0) is 9.59 Å². The van der Waals surface area contributed by atoms with Gasteiger partial charge in [0.15, 0.2) is 5.96 Å². The topological polar surface area (TPSA) is 80.3 Å². The number of likely N-dealkylation sites (tertiary alicyclic amines) is 1. The average Bonchev–Trinajstić information content (AvgIpc) is 3.01. The Morgan fingerprint density at radius 2 is 1.55 bits per heavy atom. The number of hydrogen-bond acceptors (Lipinski definition) is 4. The molecule has 0 atom stereocenters. The zero-order chi connectivity index (χ0) is 21.3. The van der Waals surface area contributed by atoms with E-state index in [0.717, 1.165) is 64.6 Å². The predicted molar refractivity (Wildman–Crippen MR) is 117 cm³/mol. The monoisotopic (exact) mass is 408 g/mol. The van der Waals surface area contributed by atoms with Gasteiger partial charge in [0.2, 0.25) is 11.8 Å². The van der Waals surface area contributed by atoms with Gasteiger partial charge in [0, 0.05) is 52.9 Å². The van der Waals surface area contributed by atoms with Crippen molar-refractivity contribution in [2.45, 2.75) is 46.5 Å². The molecule has 29 heavy (non-hydrogen) atoms. The molecule has 2 aliphatic heterocycles. The van der Waals surface area contributed by atoms with Crippen LogP contribution in [0.3, 0.4) is 0 Å². The van der Waals surface area contributed by atoms with Crippen molar-refractivity contribution in [1.29, 1.82) is 0 Å². The number of carbonyl (C=O) groups is 2. The Hall–Kier alpha value is -1.83. The van der Waals surface area contributed by atoms with E-state index in [9.17, 15) is 9.59 Å². The maximum Gasteiger partial charge on any atom is 0.236 e. The Balaban J connectivity index is 1.86. The summed E-state index contributed by atoms with van der Waals surface area (Å²) in [5, 5.41) is 6.06. The maximum absolute atomic E-state index is 12.6. The Kier molecular flexibility index (Phi) is 9.20. The summed E-state index contributed by atoms with van der Waals surface area (Å²) in [5.41, 5.74) is -0.545. The number of amides is 2. The number of carbonyl (C=O) groups excluding carboxylic acids is 2. The molecule has 0 unspecified atom stereocenters. The second kappa shape index (κ2) is 11.4. The van der Waals surface area contributed by atoms with E-state index in [2.05, 4.69) is 27.4 Å². The van der Waals surface area contributed by atoms with Gasteiger partial charge in [-0.15, -0.1) is 0 Å². The summed E-state index contributed by atoms with van der Waals surface area (Å²) < 4.78 is 0. The van der Waals surface area contributed by atoms with Crippen molar-refractivity contribution in [3.63, 3.8) is 0 Å². The fourth-order valence-corrected chi connectivity index (χ4v) is 3.84. The summed E-state index contributed by atoms with van der Waals surface area (Å²) in [6, 6.07) is 0. The molecule has 0 bridgehead atoms. The fraction of sp³-hybridized carbons (Fsp3) is 0.857. The molecular formula is C21H40N6O2. The summed E-state index contributed by atoms with van der Waals surface area (Å²) in [4.78, 5) is 35.9. The summed E-state index contributed by atoms with van der Waals surface area (Å²) in [5.74, 6) is 1.12. The van der Waals surface area contributed by atoms with E-state index < -0.39 is 5.41 Å². The first kappa shape index (κ1) is 23.4. The van der Waals surface area contributed by atoms with Crippen molar-refractivity contribution in [3.8, 4) is 0 Å². The number of nitrogens with one attached hydrogen (secondary N) is 2. The van der Waals surface area contributed by atoms with Crippen LogP contribution in [-0.4, -0.2) is 98.4 Å². The molecule has 0 spiro atoms. The molecule has 2 aliphatic rings. The Morgan fingerprint density at radius 1 is 0.931 bits per heavy atom. The Bertz CT molecular complexity index is 562. The molecule has 2 rings (SSSR count). The molecule has 0 saturated carbocycles. The number of aliphatic imine (C=N–C) groups is 1. The summed E-state index contributed by atoms with van der Waals surface area (Å²) in [7, 11) is 1.66. The molecule has 2 saturated heterocycles. The molecule has 0 aromatic heterocycles. The van der Waals surface area contributed by atoms with Crippen LogP contribution < -0.4 is 10.6 Å². The standard InChI is InChI=1S/C21H40N6O2/c1-5-23-20(24-17-21(2,3)19(29)22-4)27-14-12-25(13-15-27)16-18(28)26-10-8-6-7-9-11-26/h5-17H2,1-4H3,(H,22,29)(H,23,24). The first-order valence-electron chi connectivity index (χ1n) is 11.1. The van der Waals surface area contributed by atoms with Crippen LogP contribution in [0.25, 0.3) is 0 Å². The molecule has 2 heterocycles. The third-order valence-electron chi connectivity index (χ3n) is 5.79. The van der Waals surface area contributed by atoms with E-state index in [4.69, 9.17) is 4.99 Å². The van der Waals surface area contributed by atoms with Crippen molar-refractivity contribution in [2.75, 3.05) is 66.0 Å². The number of rotatable bonds is 6. The van der Waals surface area contributed by atoms with Crippen LogP contribution in [0.2, 0.25) is 0 Å². The fourth-order valence-electron chi connectivity index (χ4n) is 3.84. The number of nitrogens with zero attached hydrogens (tertiary/aromatic N) is 4. The normalized spacial score (nSPS) is 19.7. The zero-order valence-corrected chi connectivity index (χ0v) is 18.8. The van der Waals surface area contributed by atoms with E-state index in [1.807, 2.05) is 18.7 Å². The number of piperazine rings is 1. The van der Waals surface area contributed by atoms with E-state index in [0.29, 0.717) is 13.1 Å². The highest BCUT2D eigenvalue weighted by molar-refractivity contribution is 5.83. The van der Waals surface area contributed by atoms with Gasteiger partial charge in [-0.05, 0) is 33.6 Å². The lowest BCUT2D eigenvalue weighted by Gasteiger charge is -2.37. The minimum absolute atomic E-state index is 0.00561. The summed E-state index contributed by atoms with van der Waals surface area (Å²) in [6.07, 6.45) is 4.75. The third-order valence-corrected chi connectivity index (χ3v) is 5.79. The molecular weight excluding hydrogens is 368 g/mol. The highest BCUT2D eigenvalue weighted by Gasteiger charge is 2.28. The predicted octanol–water partition coefficient (Wildman–Crippen LogP) is 0.744. The first-order chi connectivity index (χ1) is 13.9. The van der Waals surface area contributed by atoms with Crippen LogP contribution in [0.5, 0.6) is 0 Å². The van der Waals surface area contributed by atoms with Crippen molar-refractivity contribution >= 4 is 17.8 Å². The third kappa shape index (κ3) is 7.17. The molecule has 2 fully saturated rings. The lowest BCUT2D eigenvalue weighted by molar-refractivity contribution is -0.132. The van der Waals surface area contributed by atoms with Gasteiger partial charge in [0.05, 0.1) is 18.5 Å². The van der Waals surface area contributed by atoms with Gasteiger partial charge in [0.25, 0.3) is 0 Å². The molecule has 2 amide bonds. The van der Waals surface area contributed by atoms with Crippen molar-refractivity contribution < 1.29 is 9.59 Å². The quantitative estimate of drug-likeness (QED) is 0.501. The lowest BCUT2D eigenvalue weighted by atomic mass is 9.93. The van der Waals surface area contributed by atoms with E-state index >= 15 is 0 Å². The molecule has 0 aromatic carbocycles. The van der Waals surface area contributed by atoms with E-state index in [-0.39, 0.29) is 11.8 Å². The van der Waals surface area contributed by atoms with Gasteiger partial charge in [-0.3, -0.25) is 19.5 Å². The molecule has 8 nitrogen and oxygen atoms in total. The SMILES string of the molecule is CCNC(=NCC(C)(C)C(=O)NC)N1CCN(CC(=O)N2CCCCCC2)CC1. The van der Waals surface area contributed by atoms with Crippen LogP contribution in [0.1, 0.15) is 46.5 Å². The highest BCUT2D eigenvalue weighted by atomic mass is 16.2. The van der Waals surface area contributed by atoms with Crippen LogP contribution in [0.15, 0.2) is 4.99 Å². The van der Waals surface area contributed by atoms with Crippen molar-refractivity contribution in [1.82, 2.24) is 25.3 Å². The minimum Gasteiger partial charge on any atom is -0.359 e. The summed E-state index contributed by atoms with van der Waals surface area (Å²) >= 11 is 0. The minimum atomic E-state index is -0.545. The molecule has 166 valence electrons. The van der Waals surface area contributed by atoms with Gasteiger partial charge >= 0.3 is 0 Å². The van der Waals surface area contributed by atoms with Gasteiger partial charge in [-0.2, -0.15) is 0 Å². The number of hydrogen-bond donors (Lipinski definition) is 2. The zero-order valence-electron chi connectivity index (χ0n) is 18.8. The van der Waals surface area contributed by atoms with Crippen molar-refractivity contribution in [2.24, 2.45) is 10.4 Å². The smallest absolute Gasteiger partial charge is 0.236 e. The number of guanidine groups is 1. The van der Waals surface area contributed by atoms with Crippen molar-refractivity contribution in [3.05, 3.63) is 0 Å². The van der Waals surface area contributed by atoms with Gasteiger partial charge in [0.1, 0.15) is 0 Å². The molecule has 0 aliphatic carbocycles. The largest absolute Gasteiger partial charge is 0.359 e. The van der Waals surface area contributed by atoms with E-state index in [1.165, 1.54) is 12.8 Å². The Labute approximate surface area is 176 Å². The van der Waals surface area contributed by atoms with Gasteiger partial charge in [-0.25, -0.2) is 0 Å². The first-order valence-corrected chi connectivity index (χ1v) is 11.1. The van der Waals surface area contributed by atoms with Gasteiger partial charge < -0.3 is 20.4 Å². The Morgan fingerprint density at radius 3 is 2.10 bits per heavy atom. The molecule has 2 N–H and O–H groups in total. The molecule has 0 radical (unpaired) electrons. The second-order valence-corrected chi connectivity index (χ2v) is 8.69.